The van der Waals surface area contributed by atoms with Crippen LogP contribution in [-0.4, -0.2) is 23.9 Å². The molecule has 2 heterocycles. The molecule has 0 amide bonds. The molecule has 0 radical (unpaired) electrons. The van der Waals surface area contributed by atoms with Crippen LogP contribution in [0.25, 0.3) is 43.1 Å². The first-order valence-corrected chi connectivity index (χ1v) is 26.4. The molecule has 8 rings (SSSR count). The van der Waals surface area contributed by atoms with Crippen LogP contribution in [0.15, 0.2) is 48.5 Å². The van der Waals surface area contributed by atoms with E-state index in [1.165, 1.54) is 0 Å². The minimum atomic E-state index is -0.721. The van der Waals surface area contributed by atoms with E-state index in [-0.39, 0.29) is 5.56 Å². The third kappa shape index (κ3) is 8.73. The molecule has 6 aromatic rings. The molecule has 0 saturated heterocycles. The second kappa shape index (κ2) is 19.1. The van der Waals surface area contributed by atoms with Gasteiger partial charge in [-0.1, -0.05) is 178 Å². The molecule has 7 nitrogen and oxygen atoms in total. The lowest BCUT2D eigenvalue weighted by Gasteiger charge is -2.39. The number of cyclic esters (lactones) is 4. The third-order valence-corrected chi connectivity index (χ3v) is 16.1. The van der Waals surface area contributed by atoms with E-state index in [0.717, 1.165) is 157 Å². The summed E-state index contributed by atoms with van der Waals surface area (Å²) in [5.41, 5.74) is 3.26. The minimum Gasteiger partial charge on any atom is -0.456 e. The van der Waals surface area contributed by atoms with Gasteiger partial charge in [-0.3, -0.25) is 0 Å². The van der Waals surface area contributed by atoms with E-state index in [1.807, 2.05) is 48.5 Å². The van der Waals surface area contributed by atoms with Gasteiger partial charge in [0.1, 0.15) is 17.1 Å². The number of carbonyl (C=O) groups excluding carboxylic acids is 4. The van der Waals surface area contributed by atoms with E-state index < -0.39 is 45.5 Å². The Labute approximate surface area is 410 Å². The molecule has 7 heteroatoms. The molecule has 2 aliphatic heterocycles. The number of fused-ring (bicyclic) bond motifs is 2. The minimum absolute atomic E-state index is 0.266. The largest absolute Gasteiger partial charge is 0.456 e. The van der Waals surface area contributed by atoms with Crippen molar-refractivity contribution in [3.05, 3.63) is 93.0 Å². The molecule has 0 saturated carbocycles. The number of carbonyl (C=O) groups is 4. The molecule has 0 fully saturated rings. The summed E-state index contributed by atoms with van der Waals surface area (Å²) in [4.78, 5) is 58.7. The fraction of sp³-hybridized carbons (Fsp3) is 0.516. The van der Waals surface area contributed by atoms with Gasteiger partial charge in [-0.15, -0.1) is 0 Å². The zero-order valence-electron chi connectivity index (χ0n) is 43.8. The van der Waals surface area contributed by atoms with E-state index in [0.29, 0.717) is 39.0 Å². The highest BCUT2D eigenvalue weighted by Crippen LogP contribution is 2.59. The van der Waals surface area contributed by atoms with Gasteiger partial charge in [-0.2, -0.15) is 0 Å². The SMILES string of the molecule is CCCCCC(C)(C)c1cc2c3c(cc(C(C)(C)CCCCC)c4c5c(C(C)(C)CCCCC)c(Oc6ccccc6)c6c7c(cc(C(C)(C)CCCCC)c(c1c34)c75)C(=O)OC6=O)C(=O)OC2=O. The summed E-state index contributed by atoms with van der Waals surface area (Å²) in [6.07, 6.45) is 15.6. The first-order valence-electron chi connectivity index (χ1n) is 26.4. The number of benzene rings is 6. The normalized spacial score (nSPS) is 14.5. The molecule has 0 atom stereocenters. The molecule has 0 unspecified atom stereocenters. The van der Waals surface area contributed by atoms with Crippen LogP contribution in [0.2, 0.25) is 0 Å². The van der Waals surface area contributed by atoms with Gasteiger partial charge in [-0.25, -0.2) is 19.2 Å². The van der Waals surface area contributed by atoms with Gasteiger partial charge in [0.25, 0.3) is 0 Å². The first kappa shape index (κ1) is 50.1. The molecule has 0 N–H and O–H groups in total. The second-order valence-corrected chi connectivity index (χ2v) is 23.1. The molecule has 69 heavy (non-hydrogen) atoms. The summed E-state index contributed by atoms with van der Waals surface area (Å²) >= 11 is 0. The lowest BCUT2D eigenvalue weighted by Crippen LogP contribution is -2.29. The van der Waals surface area contributed by atoms with Crippen LogP contribution >= 0.6 is 0 Å². The van der Waals surface area contributed by atoms with Crippen molar-refractivity contribution in [3.8, 4) is 11.5 Å². The van der Waals surface area contributed by atoms with Crippen molar-refractivity contribution >= 4 is 67.0 Å². The standard InChI is InChI=1S/C62H76O7/c1-13-17-24-30-59(5,6)41-34-38-44-39(56(64)68-55(38)63)35-43(61(9,10)32-26-19-15-3)48-49(44)46(41)47-42(60(7,8)31-25-18-14-2)36-40-45-50(47)51(48)53(62(11,12)33-27-20-16-4)54(52(45)58(66)69-57(40)65)67-37-28-22-21-23-29-37/h21-23,28-29,34-36H,13-20,24-27,30-33H2,1-12H3. The molecule has 0 aromatic heterocycles. The average Bonchev–Trinajstić information content (AvgIpc) is 3.29. The predicted octanol–water partition coefficient (Wildman–Crippen LogP) is 17.6. The predicted molar refractivity (Wildman–Crippen MR) is 282 cm³/mol. The number of para-hydroxylation sites is 1. The quantitative estimate of drug-likeness (QED) is 0.0220. The Kier molecular flexibility index (Phi) is 13.9. The molecule has 6 aromatic carbocycles. The van der Waals surface area contributed by atoms with Gasteiger partial charge in [0, 0.05) is 21.7 Å². The Balaban J connectivity index is 1.79. The van der Waals surface area contributed by atoms with Crippen LogP contribution in [-0.2, 0) is 31.1 Å². The van der Waals surface area contributed by atoms with Crippen LogP contribution in [0.5, 0.6) is 11.5 Å². The summed E-state index contributed by atoms with van der Waals surface area (Å²) in [6, 6.07) is 15.7. The maximum Gasteiger partial charge on any atom is 0.350 e. The van der Waals surface area contributed by atoms with Crippen molar-refractivity contribution in [1.29, 1.82) is 0 Å². The van der Waals surface area contributed by atoms with Gasteiger partial charge in [0.05, 0.1) is 16.7 Å². The van der Waals surface area contributed by atoms with Gasteiger partial charge in [0.15, 0.2) is 0 Å². The van der Waals surface area contributed by atoms with Crippen LogP contribution in [0.4, 0.5) is 0 Å². The molecule has 366 valence electrons. The van der Waals surface area contributed by atoms with Gasteiger partial charge >= 0.3 is 23.9 Å². The molecule has 0 spiro atoms. The van der Waals surface area contributed by atoms with Crippen LogP contribution in [0.1, 0.15) is 250 Å². The second-order valence-electron chi connectivity index (χ2n) is 23.1. The average molecular weight is 933 g/mol. The topological polar surface area (TPSA) is 96.0 Å². The Hall–Kier alpha value is -5.30. The summed E-state index contributed by atoms with van der Waals surface area (Å²) in [5.74, 6) is -1.71. The van der Waals surface area contributed by atoms with Crippen molar-refractivity contribution in [3.63, 3.8) is 0 Å². The van der Waals surface area contributed by atoms with Crippen molar-refractivity contribution in [1.82, 2.24) is 0 Å². The molecular formula is C62H76O7. The first-order chi connectivity index (χ1) is 32.8. The number of esters is 4. The Morgan fingerprint density at radius 1 is 0.406 bits per heavy atom. The van der Waals surface area contributed by atoms with Gasteiger partial charge in [0.2, 0.25) is 0 Å². The highest BCUT2D eigenvalue weighted by atomic mass is 16.6. The fourth-order valence-corrected chi connectivity index (χ4v) is 12.1. The molecule has 0 aliphatic carbocycles. The smallest absolute Gasteiger partial charge is 0.350 e. The van der Waals surface area contributed by atoms with E-state index in [2.05, 4.69) is 83.1 Å². The zero-order chi connectivity index (χ0) is 49.8. The highest BCUT2D eigenvalue weighted by Gasteiger charge is 2.45. The lowest BCUT2D eigenvalue weighted by molar-refractivity contribution is 0.0372. The summed E-state index contributed by atoms with van der Waals surface area (Å²) < 4.78 is 18.8. The van der Waals surface area contributed by atoms with Gasteiger partial charge < -0.3 is 14.2 Å². The lowest BCUT2D eigenvalue weighted by atomic mass is 9.66. The zero-order valence-corrected chi connectivity index (χ0v) is 43.8. The van der Waals surface area contributed by atoms with E-state index in [1.54, 1.807) is 0 Å². The summed E-state index contributed by atoms with van der Waals surface area (Å²) in [6.45, 7) is 27.1. The molecule has 2 aliphatic rings. The Morgan fingerprint density at radius 2 is 0.768 bits per heavy atom. The molecular weight excluding hydrogens is 857 g/mol. The number of hydrogen-bond donors (Lipinski definition) is 0. The van der Waals surface area contributed by atoms with E-state index in [4.69, 9.17) is 14.2 Å². The third-order valence-electron chi connectivity index (χ3n) is 16.1. The maximum atomic E-state index is 15.0. The highest BCUT2D eigenvalue weighted by molar-refractivity contribution is 6.43. The number of ether oxygens (including phenoxy) is 3. The van der Waals surface area contributed by atoms with Crippen LogP contribution in [0, 0.1) is 0 Å². The number of hydrogen-bond acceptors (Lipinski definition) is 7. The Bertz CT molecular complexity index is 2960. The van der Waals surface area contributed by atoms with Gasteiger partial charge in [-0.05, 0) is 121 Å². The van der Waals surface area contributed by atoms with Crippen molar-refractivity contribution in [2.45, 2.75) is 207 Å². The molecule has 0 bridgehead atoms. The number of unbranched alkanes of at least 4 members (excludes halogenated alkanes) is 8. The van der Waals surface area contributed by atoms with E-state index in [9.17, 15) is 19.2 Å². The monoisotopic (exact) mass is 933 g/mol. The summed E-state index contributed by atoms with van der Waals surface area (Å²) in [5, 5.41) is 6.75. The Morgan fingerprint density at radius 3 is 1.19 bits per heavy atom. The van der Waals surface area contributed by atoms with E-state index >= 15 is 0 Å². The van der Waals surface area contributed by atoms with Crippen molar-refractivity contribution < 1.29 is 33.4 Å². The fourth-order valence-electron chi connectivity index (χ4n) is 12.1. The summed E-state index contributed by atoms with van der Waals surface area (Å²) in [7, 11) is 0. The number of rotatable bonds is 22. The van der Waals surface area contributed by atoms with Crippen molar-refractivity contribution in [2.75, 3.05) is 0 Å². The maximum absolute atomic E-state index is 15.0. The van der Waals surface area contributed by atoms with Crippen LogP contribution in [0.3, 0.4) is 0 Å². The van der Waals surface area contributed by atoms with Crippen molar-refractivity contribution in [2.24, 2.45) is 0 Å². The van der Waals surface area contributed by atoms with Crippen LogP contribution < -0.4 is 4.74 Å².